The molecule has 0 fully saturated rings. The molecule has 8 heteroatoms. The van der Waals surface area contributed by atoms with E-state index in [-0.39, 0.29) is 29.0 Å². The SMILES string of the molecule is NC(=S)c1ccc(NCCSC(F)(F)F)c(Cl)c1. The summed E-state index contributed by atoms with van der Waals surface area (Å²) >= 11 is 10.6. The Morgan fingerprint density at radius 3 is 2.61 bits per heavy atom. The summed E-state index contributed by atoms with van der Waals surface area (Å²) in [4.78, 5) is 0.219. The molecule has 0 aliphatic carbocycles. The van der Waals surface area contributed by atoms with E-state index in [2.05, 4.69) is 5.32 Å². The number of rotatable bonds is 5. The van der Waals surface area contributed by atoms with Crippen molar-refractivity contribution in [2.75, 3.05) is 17.6 Å². The number of benzene rings is 1. The number of hydrogen-bond donors (Lipinski definition) is 2. The minimum atomic E-state index is -4.21. The van der Waals surface area contributed by atoms with Crippen molar-refractivity contribution >= 4 is 46.3 Å². The minimum Gasteiger partial charge on any atom is -0.389 e. The first kappa shape index (κ1) is 15.4. The Morgan fingerprint density at radius 2 is 2.11 bits per heavy atom. The van der Waals surface area contributed by atoms with Crippen LogP contribution < -0.4 is 11.1 Å². The Kier molecular flexibility index (Phi) is 5.55. The van der Waals surface area contributed by atoms with Crippen molar-refractivity contribution < 1.29 is 13.2 Å². The topological polar surface area (TPSA) is 38.0 Å². The fourth-order valence-corrected chi connectivity index (χ4v) is 1.97. The molecule has 0 bridgehead atoms. The zero-order chi connectivity index (χ0) is 13.8. The van der Waals surface area contributed by atoms with Crippen LogP contribution in [0.5, 0.6) is 0 Å². The normalized spacial score (nSPS) is 11.3. The highest BCUT2D eigenvalue weighted by atomic mass is 35.5. The molecule has 3 N–H and O–H groups in total. The maximum atomic E-state index is 11.9. The van der Waals surface area contributed by atoms with Crippen LogP contribution in [-0.2, 0) is 0 Å². The molecule has 0 saturated carbocycles. The Hall–Kier alpha value is -0.660. The van der Waals surface area contributed by atoms with E-state index in [9.17, 15) is 13.2 Å². The van der Waals surface area contributed by atoms with Crippen LogP contribution in [0.15, 0.2) is 18.2 Å². The highest BCUT2D eigenvalue weighted by Gasteiger charge is 2.27. The molecule has 1 rings (SSSR count). The average molecular weight is 315 g/mol. The third-order valence-corrected chi connectivity index (χ3v) is 3.22. The summed E-state index contributed by atoms with van der Waals surface area (Å²) in [6.45, 7) is 0.163. The van der Waals surface area contributed by atoms with E-state index < -0.39 is 5.51 Å². The number of thiocarbonyl (C=S) groups is 1. The number of alkyl halides is 3. The summed E-state index contributed by atoms with van der Waals surface area (Å²) in [5.41, 5.74) is 2.39. The summed E-state index contributed by atoms with van der Waals surface area (Å²) in [6.07, 6.45) is 0. The second-order valence-electron chi connectivity index (χ2n) is 3.28. The standard InChI is InChI=1S/C10H10ClF3N2S2/c11-7-5-6(9(15)17)1-2-8(7)16-3-4-18-10(12,13)14/h1-2,5,16H,3-4H2,(H2,15,17). The van der Waals surface area contributed by atoms with Crippen molar-refractivity contribution in [3.8, 4) is 0 Å². The predicted octanol–water partition coefficient (Wildman–Crippen LogP) is 3.64. The van der Waals surface area contributed by atoms with E-state index in [1.807, 2.05) is 0 Å². The van der Waals surface area contributed by atoms with Crippen LogP contribution in [0.1, 0.15) is 5.56 Å². The van der Waals surface area contributed by atoms with E-state index in [0.29, 0.717) is 16.3 Å². The lowest BCUT2D eigenvalue weighted by Gasteiger charge is -2.10. The van der Waals surface area contributed by atoms with E-state index in [4.69, 9.17) is 29.6 Å². The molecule has 0 aliphatic rings. The lowest BCUT2D eigenvalue weighted by atomic mass is 10.2. The minimum absolute atomic E-state index is 0.0796. The third kappa shape index (κ3) is 5.32. The first-order valence-electron chi connectivity index (χ1n) is 4.83. The third-order valence-electron chi connectivity index (χ3n) is 1.94. The molecule has 0 atom stereocenters. The summed E-state index contributed by atoms with van der Waals surface area (Å²) in [6, 6.07) is 4.87. The lowest BCUT2D eigenvalue weighted by molar-refractivity contribution is -0.0327. The molecule has 2 nitrogen and oxygen atoms in total. The van der Waals surface area contributed by atoms with Gasteiger partial charge in [-0.05, 0) is 30.0 Å². The van der Waals surface area contributed by atoms with Crippen LogP contribution in [0.2, 0.25) is 5.02 Å². The number of anilines is 1. The number of thioether (sulfide) groups is 1. The maximum absolute atomic E-state index is 11.9. The summed E-state index contributed by atoms with van der Waals surface area (Å²) in [5.74, 6) is -0.0864. The number of halogens is 4. The van der Waals surface area contributed by atoms with Gasteiger partial charge in [0.25, 0.3) is 0 Å². The number of nitrogens with one attached hydrogen (secondary N) is 1. The molecule has 0 amide bonds. The van der Waals surface area contributed by atoms with Crippen molar-refractivity contribution in [3.63, 3.8) is 0 Å². The van der Waals surface area contributed by atoms with E-state index in [1.165, 1.54) is 0 Å². The second-order valence-corrected chi connectivity index (χ2v) is 5.29. The molecule has 0 heterocycles. The Morgan fingerprint density at radius 1 is 1.44 bits per heavy atom. The van der Waals surface area contributed by atoms with Crippen LogP contribution in [0.3, 0.4) is 0 Å². The first-order chi connectivity index (χ1) is 8.29. The van der Waals surface area contributed by atoms with Gasteiger partial charge in [-0.2, -0.15) is 13.2 Å². The van der Waals surface area contributed by atoms with Crippen LogP contribution in [0.25, 0.3) is 0 Å². The Bertz CT molecular complexity index is 438. The van der Waals surface area contributed by atoms with Gasteiger partial charge in [-0.25, -0.2) is 0 Å². The van der Waals surface area contributed by atoms with Crippen molar-refractivity contribution in [2.45, 2.75) is 5.51 Å². The van der Waals surface area contributed by atoms with Gasteiger partial charge in [0.1, 0.15) is 4.99 Å². The van der Waals surface area contributed by atoms with Gasteiger partial charge in [0.2, 0.25) is 0 Å². The van der Waals surface area contributed by atoms with E-state index in [0.717, 1.165) is 0 Å². The average Bonchev–Trinajstić information content (AvgIpc) is 2.24. The predicted molar refractivity (Wildman–Crippen MR) is 74.3 cm³/mol. The van der Waals surface area contributed by atoms with Gasteiger partial charge >= 0.3 is 5.51 Å². The largest absolute Gasteiger partial charge is 0.441 e. The molecule has 18 heavy (non-hydrogen) atoms. The molecule has 100 valence electrons. The van der Waals surface area contributed by atoms with E-state index >= 15 is 0 Å². The summed E-state index contributed by atoms with van der Waals surface area (Å²) < 4.78 is 35.7. The second kappa shape index (κ2) is 6.49. The van der Waals surface area contributed by atoms with Crippen molar-refractivity contribution in [3.05, 3.63) is 28.8 Å². The van der Waals surface area contributed by atoms with Gasteiger partial charge in [-0.1, -0.05) is 23.8 Å². The van der Waals surface area contributed by atoms with Gasteiger partial charge in [-0.15, -0.1) is 0 Å². The van der Waals surface area contributed by atoms with E-state index in [1.54, 1.807) is 18.2 Å². The quantitative estimate of drug-likeness (QED) is 0.643. The molecule has 0 spiro atoms. The monoisotopic (exact) mass is 314 g/mol. The highest BCUT2D eigenvalue weighted by molar-refractivity contribution is 8.00. The molecule has 0 radical (unpaired) electrons. The smallest absolute Gasteiger partial charge is 0.389 e. The van der Waals surface area contributed by atoms with Gasteiger partial charge in [0.05, 0.1) is 10.7 Å². The molecule has 0 unspecified atom stereocenters. The van der Waals surface area contributed by atoms with Crippen molar-refractivity contribution in [1.82, 2.24) is 0 Å². The first-order valence-corrected chi connectivity index (χ1v) is 6.60. The van der Waals surface area contributed by atoms with Gasteiger partial charge in [-0.3, -0.25) is 0 Å². The summed E-state index contributed by atoms with van der Waals surface area (Å²) in [5, 5.41) is 3.19. The van der Waals surface area contributed by atoms with Gasteiger partial charge in [0, 0.05) is 17.9 Å². The number of hydrogen-bond acceptors (Lipinski definition) is 3. The number of nitrogens with two attached hydrogens (primary N) is 1. The molecule has 0 saturated heterocycles. The van der Waals surface area contributed by atoms with Gasteiger partial charge < -0.3 is 11.1 Å². The van der Waals surface area contributed by atoms with Crippen LogP contribution >= 0.6 is 35.6 Å². The van der Waals surface area contributed by atoms with Crippen LogP contribution in [-0.4, -0.2) is 22.8 Å². The zero-order valence-electron chi connectivity index (χ0n) is 9.05. The molecular weight excluding hydrogens is 305 g/mol. The molecular formula is C10H10ClF3N2S2. The molecule has 1 aromatic carbocycles. The Balaban J connectivity index is 2.51. The maximum Gasteiger partial charge on any atom is 0.441 e. The summed E-state index contributed by atoms with van der Waals surface area (Å²) in [7, 11) is 0. The zero-order valence-corrected chi connectivity index (χ0v) is 11.4. The fourth-order valence-electron chi connectivity index (χ4n) is 1.16. The van der Waals surface area contributed by atoms with Gasteiger partial charge in [0.15, 0.2) is 0 Å². The lowest BCUT2D eigenvalue weighted by Crippen LogP contribution is -2.11. The Labute approximate surface area is 117 Å². The molecule has 0 aliphatic heterocycles. The fraction of sp³-hybridized carbons (Fsp3) is 0.300. The van der Waals surface area contributed by atoms with Crippen LogP contribution in [0.4, 0.5) is 18.9 Å². The molecule has 0 aromatic heterocycles. The van der Waals surface area contributed by atoms with Crippen molar-refractivity contribution in [1.29, 1.82) is 0 Å². The highest BCUT2D eigenvalue weighted by Crippen LogP contribution is 2.30. The molecule has 1 aromatic rings. The van der Waals surface area contributed by atoms with Crippen LogP contribution in [0, 0.1) is 0 Å². The van der Waals surface area contributed by atoms with Crippen molar-refractivity contribution in [2.24, 2.45) is 5.73 Å².